The fourth-order valence-electron chi connectivity index (χ4n) is 2.33. The van der Waals surface area contributed by atoms with E-state index < -0.39 is 0 Å². The molecule has 1 unspecified atom stereocenters. The van der Waals surface area contributed by atoms with Crippen LogP contribution in [0.4, 0.5) is 0 Å². The molecule has 1 aromatic heterocycles. The van der Waals surface area contributed by atoms with Gasteiger partial charge in [-0.15, -0.1) is 10.2 Å². The topological polar surface area (TPSA) is 39.9 Å². The van der Waals surface area contributed by atoms with E-state index in [0.29, 0.717) is 10.8 Å². The quantitative estimate of drug-likeness (QED) is 0.465. The van der Waals surface area contributed by atoms with E-state index in [1.165, 1.54) is 5.56 Å². The number of ether oxygens (including phenoxy) is 1. The van der Waals surface area contributed by atoms with Crippen LogP contribution in [0.15, 0.2) is 58.2 Å². The summed E-state index contributed by atoms with van der Waals surface area (Å²) in [5.41, 5.74) is 1.24. The van der Waals surface area contributed by atoms with Crippen LogP contribution in [0.5, 0.6) is 5.75 Å². The molecule has 0 N–H and O–H groups in total. The summed E-state index contributed by atoms with van der Waals surface area (Å²) in [5, 5.41) is 10.1. The zero-order valence-corrected chi connectivity index (χ0v) is 17.0. The lowest BCUT2D eigenvalue weighted by atomic mass is 10.2. The highest BCUT2D eigenvalue weighted by Crippen LogP contribution is 2.27. The maximum atomic E-state index is 6.00. The van der Waals surface area contributed by atoms with E-state index in [1.54, 1.807) is 17.8 Å². The molecular formula is C18H17BrClN3OS. The first kappa shape index (κ1) is 18.3. The molecule has 25 heavy (non-hydrogen) atoms. The van der Waals surface area contributed by atoms with E-state index in [0.717, 1.165) is 21.2 Å². The second-order valence-corrected chi connectivity index (χ2v) is 7.83. The maximum Gasteiger partial charge on any atom is 0.191 e. The summed E-state index contributed by atoms with van der Waals surface area (Å²) in [4.78, 5) is 0. The highest BCUT2D eigenvalue weighted by Gasteiger charge is 2.17. The number of halogens is 2. The molecule has 0 aliphatic heterocycles. The van der Waals surface area contributed by atoms with Crippen LogP contribution in [0.3, 0.4) is 0 Å². The van der Waals surface area contributed by atoms with Crippen LogP contribution in [-0.4, -0.2) is 14.8 Å². The zero-order valence-electron chi connectivity index (χ0n) is 13.8. The largest absolute Gasteiger partial charge is 0.483 e. The first-order chi connectivity index (χ1) is 12.0. The summed E-state index contributed by atoms with van der Waals surface area (Å²) in [6.45, 7) is 1.95. The lowest BCUT2D eigenvalue weighted by Crippen LogP contribution is -2.10. The first-order valence-corrected chi connectivity index (χ1v) is 9.87. The molecule has 1 heterocycles. The van der Waals surface area contributed by atoms with Gasteiger partial charge in [0.05, 0.1) is 0 Å². The molecule has 0 aliphatic carbocycles. The summed E-state index contributed by atoms with van der Waals surface area (Å²) < 4.78 is 8.98. The predicted molar refractivity (Wildman–Crippen MR) is 105 cm³/mol. The van der Waals surface area contributed by atoms with Crippen molar-refractivity contribution in [3.63, 3.8) is 0 Å². The van der Waals surface area contributed by atoms with Gasteiger partial charge in [0.1, 0.15) is 5.75 Å². The van der Waals surface area contributed by atoms with Crippen molar-refractivity contribution in [2.24, 2.45) is 7.05 Å². The number of nitrogens with zero attached hydrogens (tertiary/aromatic N) is 3. The number of benzene rings is 2. The first-order valence-electron chi connectivity index (χ1n) is 7.71. The van der Waals surface area contributed by atoms with Gasteiger partial charge in [0.25, 0.3) is 0 Å². The minimum Gasteiger partial charge on any atom is -0.483 e. The molecule has 0 amide bonds. The Morgan fingerprint density at radius 2 is 1.96 bits per heavy atom. The van der Waals surface area contributed by atoms with Gasteiger partial charge in [0, 0.05) is 22.3 Å². The lowest BCUT2D eigenvalue weighted by Gasteiger charge is -2.14. The summed E-state index contributed by atoms with van der Waals surface area (Å²) in [6.07, 6.45) is -0.224. The van der Waals surface area contributed by atoms with Crippen molar-refractivity contribution in [1.29, 1.82) is 0 Å². The van der Waals surface area contributed by atoms with E-state index in [4.69, 9.17) is 16.3 Å². The van der Waals surface area contributed by atoms with Crippen molar-refractivity contribution in [3.8, 4) is 5.75 Å². The van der Waals surface area contributed by atoms with Crippen LogP contribution in [0.2, 0.25) is 5.02 Å². The minimum absolute atomic E-state index is 0.224. The molecule has 0 saturated heterocycles. The molecule has 0 spiro atoms. The Morgan fingerprint density at radius 3 is 2.68 bits per heavy atom. The van der Waals surface area contributed by atoms with E-state index in [9.17, 15) is 0 Å². The number of aromatic nitrogens is 3. The molecule has 0 radical (unpaired) electrons. The second-order valence-electron chi connectivity index (χ2n) is 5.53. The molecule has 3 rings (SSSR count). The van der Waals surface area contributed by atoms with Gasteiger partial charge in [0.2, 0.25) is 0 Å². The maximum absolute atomic E-state index is 6.00. The van der Waals surface area contributed by atoms with Crippen molar-refractivity contribution in [2.45, 2.75) is 23.9 Å². The average molecular weight is 439 g/mol. The van der Waals surface area contributed by atoms with Gasteiger partial charge < -0.3 is 9.30 Å². The van der Waals surface area contributed by atoms with Crippen molar-refractivity contribution in [1.82, 2.24) is 14.8 Å². The number of hydrogen-bond donors (Lipinski definition) is 0. The Balaban J connectivity index is 1.66. The van der Waals surface area contributed by atoms with E-state index in [1.807, 2.05) is 48.9 Å². The van der Waals surface area contributed by atoms with E-state index in [2.05, 4.69) is 38.3 Å². The van der Waals surface area contributed by atoms with Gasteiger partial charge in [-0.2, -0.15) is 0 Å². The SMILES string of the molecule is CC(Oc1cccc(Cl)c1)c1nnc(SCc2ccc(Br)cc2)n1C. The van der Waals surface area contributed by atoms with Crippen molar-refractivity contribution in [2.75, 3.05) is 0 Å². The average Bonchev–Trinajstić information content (AvgIpc) is 2.95. The Labute approximate surface area is 164 Å². The van der Waals surface area contributed by atoms with E-state index in [-0.39, 0.29) is 6.10 Å². The molecule has 0 saturated carbocycles. The molecule has 4 nitrogen and oxygen atoms in total. The van der Waals surface area contributed by atoms with Crippen LogP contribution >= 0.6 is 39.3 Å². The van der Waals surface area contributed by atoms with Gasteiger partial charge in [-0.05, 0) is 42.8 Å². The third-order valence-corrected chi connectivity index (χ3v) is 5.48. The normalized spacial score (nSPS) is 12.2. The highest BCUT2D eigenvalue weighted by molar-refractivity contribution is 9.10. The van der Waals surface area contributed by atoms with Crippen LogP contribution in [0, 0.1) is 0 Å². The monoisotopic (exact) mass is 437 g/mol. The Morgan fingerprint density at radius 1 is 1.20 bits per heavy atom. The van der Waals surface area contributed by atoms with E-state index >= 15 is 0 Å². The predicted octanol–water partition coefficient (Wildman–Crippen LogP) is 5.66. The Kier molecular flexibility index (Phi) is 6.04. The molecule has 3 aromatic rings. The molecule has 0 aliphatic rings. The molecule has 1 atom stereocenters. The number of hydrogen-bond acceptors (Lipinski definition) is 4. The Bertz CT molecular complexity index is 854. The second kappa shape index (κ2) is 8.25. The molecule has 130 valence electrons. The number of thioether (sulfide) groups is 1. The summed E-state index contributed by atoms with van der Waals surface area (Å²) in [6, 6.07) is 15.6. The standard InChI is InChI=1S/C18H17BrClN3OS/c1-12(24-16-5-3-4-15(20)10-16)17-21-22-18(23(17)2)25-11-13-6-8-14(19)9-7-13/h3-10,12H,11H2,1-2H3. The van der Waals surface area contributed by atoms with Crippen molar-refractivity contribution < 1.29 is 4.74 Å². The van der Waals surface area contributed by atoms with Gasteiger partial charge in [-0.25, -0.2) is 0 Å². The molecule has 0 bridgehead atoms. The smallest absolute Gasteiger partial charge is 0.191 e. The molecule has 7 heteroatoms. The van der Waals surface area contributed by atoms with Gasteiger partial charge in [-0.3, -0.25) is 0 Å². The fourth-order valence-corrected chi connectivity index (χ4v) is 3.65. The summed E-state index contributed by atoms with van der Waals surface area (Å²) in [5.74, 6) is 2.33. The van der Waals surface area contributed by atoms with Crippen molar-refractivity contribution >= 4 is 39.3 Å². The molecular weight excluding hydrogens is 422 g/mol. The molecule has 0 fully saturated rings. The highest BCUT2D eigenvalue weighted by atomic mass is 79.9. The van der Waals surface area contributed by atoms with Crippen LogP contribution in [0.1, 0.15) is 24.4 Å². The lowest BCUT2D eigenvalue weighted by molar-refractivity contribution is 0.211. The minimum atomic E-state index is -0.224. The third-order valence-electron chi connectivity index (χ3n) is 3.62. The fraction of sp³-hybridized carbons (Fsp3) is 0.222. The van der Waals surface area contributed by atoms with Gasteiger partial charge >= 0.3 is 0 Å². The van der Waals surface area contributed by atoms with Crippen LogP contribution < -0.4 is 4.74 Å². The van der Waals surface area contributed by atoms with Crippen LogP contribution in [-0.2, 0) is 12.8 Å². The molecule has 2 aromatic carbocycles. The van der Waals surface area contributed by atoms with Crippen LogP contribution in [0.25, 0.3) is 0 Å². The van der Waals surface area contributed by atoms with Gasteiger partial charge in [-0.1, -0.05) is 57.5 Å². The number of rotatable bonds is 6. The summed E-state index contributed by atoms with van der Waals surface area (Å²) in [7, 11) is 1.96. The van der Waals surface area contributed by atoms with Crippen molar-refractivity contribution in [3.05, 3.63) is 69.4 Å². The Hall–Kier alpha value is -1.50. The third kappa shape index (κ3) is 4.77. The zero-order chi connectivity index (χ0) is 17.8. The summed E-state index contributed by atoms with van der Waals surface area (Å²) >= 11 is 11.1. The van der Waals surface area contributed by atoms with Gasteiger partial charge in [0.15, 0.2) is 17.1 Å².